The third-order valence-electron chi connectivity index (χ3n) is 8.48. The number of pyridine rings is 1. The Morgan fingerprint density at radius 2 is 1.61 bits per heavy atom. The first-order valence-electron chi connectivity index (χ1n) is 16.5. The van der Waals surface area contributed by atoms with E-state index in [9.17, 15) is 23.6 Å². The molecule has 1 aliphatic carbocycles. The van der Waals surface area contributed by atoms with Crippen molar-refractivity contribution in [3.8, 4) is 5.69 Å². The Morgan fingerprint density at radius 1 is 0.939 bits per heavy atom. The van der Waals surface area contributed by atoms with E-state index in [-0.39, 0.29) is 36.0 Å². The summed E-state index contributed by atoms with van der Waals surface area (Å²) in [7, 11) is 0. The number of ketones is 1. The third kappa shape index (κ3) is 8.62. The molecule has 5 rings (SSSR count). The topological polar surface area (TPSA) is 121 Å². The van der Waals surface area contributed by atoms with Crippen LogP contribution in [0.3, 0.4) is 0 Å². The minimum Gasteiger partial charge on any atom is -0.461 e. The third-order valence-corrected chi connectivity index (χ3v) is 8.48. The Labute approximate surface area is 285 Å². The maximum Gasteiger partial charge on any atom is 0.411 e. The second-order valence-electron chi connectivity index (χ2n) is 13.4. The number of amides is 1. The standard InChI is InChI=1S/C39H42FN3O6/c1-25-22-28(16-20-32(25)40)35(45)31-19-21-34(44)43(36(31)41)29-17-14-27(15-18-29)24-42(38(47)49-39(2,3)4)33(23-26-10-6-5-7-11-26)37(46)48-30-12-8-9-13-30/h5-7,10-11,14-22,30,33H,8-9,12-13,23-24,41H2,1-4H3/t33-/m0/s1. The first kappa shape index (κ1) is 35.1. The molecule has 2 N–H and O–H groups in total. The van der Waals surface area contributed by atoms with Crippen LogP contribution in [0.4, 0.5) is 15.0 Å². The predicted molar refractivity (Wildman–Crippen MR) is 185 cm³/mol. The van der Waals surface area contributed by atoms with E-state index in [1.807, 2.05) is 30.3 Å². The van der Waals surface area contributed by atoms with Crippen molar-refractivity contribution in [3.63, 3.8) is 0 Å². The molecule has 0 aliphatic heterocycles. The smallest absolute Gasteiger partial charge is 0.411 e. The molecular formula is C39H42FN3O6. The number of aromatic nitrogens is 1. The van der Waals surface area contributed by atoms with Gasteiger partial charge in [0.15, 0.2) is 5.78 Å². The van der Waals surface area contributed by atoms with Crippen LogP contribution in [0.2, 0.25) is 0 Å². The van der Waals surface area contributed by atoms with Gasteiger partial charge in [0, 0.05) is 24.6 Å². The first-order valence-corrected chi connectivity index (χ1v) is 16.5. The van der Waals surface area contributed by atoms with E-state index in [1.54, 1.807) is 52.0 Å². The summed E-state index contributed by atoms with van der Waals surface area (Å²) in [6, 6.07) is 21.9. The van der Waals surface area contributed by atoms with E-state index < -0.39 is 40.9 Å². The van der Waals surface area contributed by atoms with Crippen LogP contribution in [-0.2, 0) is 27.2 Å². The molecular weight excluding hydrogens is 625 g/mol. The van der Waals surface area contributed by atoms with E-state index in [0.29, 0.717) is 16.8 Å². The van der Waals surface area contributed by atoms with E-state index in [4.69, 9.17) is 15.2 Å². The lowest BCUT2D eigenvalue weighted by Crippen LogP contribution is -2.49. The van der Waals surface area contributed by atoms with Gasteiger partial charge in [0.25, 0.3) is 5.56 Å². The average molecular weight is 668 g/mol. The van der Waals surface area contributed by atoms with Gasteiger partial charge in [-0.2, -0.15) is 0 Å². The zero-order valence-electron chi connectivity index (χ0n) is 28.3. The lowest BCUT2D eigenvalue weighted by Gasteiger charge is -2.33. The fraction of sp³-hybridized carbons (Fsp3) is 0.333. The number of benzene rings is 3. The molecule has 1 heterocycles. The fourth-order valence-corrected chi connectivity index (χ4v) is 5.93. The fourth-order valence-electron chi connectivity index (χ4n) is 5.93. The van der Waals surface area contributed by atoms with E-state index in [2.05, 4.69) is 0 Å². The molecule has 256 valence electrons. The van der Waals surface area contributed by atoms with Gasteiger partial charge in [-0.15, -0.1) is 0 Å². The van der Waals surface area contributed by atoms with Gasteiger partial charge in [0.1, 0.15) is 29.4 Å². The van der Waals surface area contributed by atoms with Crippen molar-refractivity contribution in [2.24, 2.45) is 0 Å². The van der Waals surface area contributed by atoms with Gasteiger partial charge in [-0.05, 0) is 106 Å². The molecule has 0 bridgehead atoms. The van der Waals surface area contributed by atoms with Gasteiger partial charge in [-0.3, -0.25) is 19.1 Å². The van der Waals surface area contributed by atoms with Crippen molar-refractivity contribution < 1.29 is 28.2 Å². The molecule has 0 saturated heterocycles. The van der Waals surface area contributed by atoms with Crippen molar-refractivity contribution >= 4 is 23.7 Å². The summed E-state index contributed by atoms with van der Waals surface area (Å²) in [6.45, 7) is 6.86. The van der Waals surface area contributed by atoms with Crippen LogP contribution in [0.5, 0.6) is 0 Å². The Bertz CT molecular complexity index is 1880. The molecule has 9 nitrogen and oxygen atoms in total. The molecule has 10 heteroatoms. The number of rotatable bonds is 10. The predicted octanol–water partition coefficient (Wildman–Crippen LogP) is 6.93. The first-order chi connectivity index (χ1) is 23.3. The Kier molecular flexibility index (Phi) is 10.7. The summed E-state index contributed by atoms with van der Waals surface area (Å²) < 4.78 is 26.8. The highest BCUT2D eigenvalue weighted by molar-refractivity contribution is 6.11. The number of esters is 1. The molecule has 49 heavy (non-hydrogen) atoms. The summed E-state index contributed by atoms with van der Waals surface area (Å²) >= 11 is 0. The van der Waals surface area contributed by atoms with Crippen LogP contribution in [0, 0.1) is 12.7 Å². The van der Waals surface area contributed by atoms with E-state index >= 15 is 0 Å². The van der Waals surface area contributed by atoms with Crippen LogP contribution in [0.1, 0.15) is 79.1 Å². The van der Waals surface area contributed by atoms with Crippen molar-refractivity contribution in [1.29, 1.82) is 0 Å². The average Bonchev–Trinajstić information content (AvgIpc) is 3.57. The number of carbonyl (C=O) groups excluding carboxylic acids is 3. The van der Waals surface area contributed by atoms with Gasteiger partial charge in [0.05, 0.1) is 11.3 Å². The van der Waals surface area contributed by atoms with Crippen LogP contribution >= 0.6 is 0 Å². The SMILES string of the molecule is Cc1cc(C(=O)c2ccc(=O)n(-c3ccc(CN(C(=O)OC(C)(C)C)[C@@H](Cc4ccccc4)C(=O)OC4CCCC4)cc3)c2N)ccc1F. The highest BCUT2D eigenvalue weighted by Crippen LogP contribution is 2.26. The molecule has 1 atom stereocenters. The van der Waals surface area contributed by atoms with Crippen molar-refractivity contribution in [1.82, 2.24) is 9.47 Å². The summed E-state index contributed by atoms with van der Waals surface area (Å²) in [5, 5.41) is 0. The maximum atomic E-state index is 13.8. The highest BCUT2D eigenvalue weighted by atomic mass is 19.1. The zero-order valence-corrected chi connectivity index (χ0v) is 28.3. The Balaban J connectivity index is 1.46. The molecule has 0 spiro atoms. The van der Waals surface area contributed by atoms with Crippen molar-refractivity contribution in [3.05, 3.63) is 129 Å². The minimum absolute atomic E-state index is 0.0132. The molecule has 1 amide bonds. The van der Waals surface area contributed by atoms with Crippen LogP contribution < -0.4 is 11.3 Å². The quantitative estimate of drug-likeness (QED) is 0.144. The Morgan fingerprint density at radius 3 is 2.24 bits per heavy atom. The highest BCUT2D eigenvalue weighted by Gasteiger charge is 2.36. The van der Waals surface area contributed by atoms with Gasteiger partial charge in [0.2, 0.25) is 0 Å². The lowest BCUT2D eigenvalue weighted by molar-refractivity contribution is -0.155. The normalized spacial score (nSPS) is 13.9. The molecule has 1 saturated carbocycles. The van der Waals surface area contributed by atoms with E-state index in [0.717, 1.165) is 31.2 Å². The summed E-state index contributed by atoms with van der Waals surface area (Å²) in [5.74, 6) is -1.44. The minimum atomic E-state index is -0.964. The number of nitrogens with zero attached hydrogens (tertiary/aromatic N) is 2. The molecule has 1 aliphatic rings. The molecule has 4 aromatic rings. The van der Waals surface area contributed by atoms with Crippen LogP contribution in [-0.4, -0.2) is 45.1 Å². The Hall–Kier alpha value is -5.25. The van der Waals surface area contributed by atoms with Gasteiger partial charge in [-0.1, -0.05) is 42.5 Å². The number of hydrogen-bond acceptors (Lipinski definition) is 7. The van der Waals surface area contributed by atoms with Crippen LogP contribution in [0.25, 0.3) is 5.69 Å². The number of nitrogen functional groups attached to an aromatic ring is 1. The number of carbonyl (C=O) groups is 3. The second-order valence-corrected chi connectivity index (χ2v) is 13.4. The summed E-state index contributed by atoms with van der Waals surface area (Å²) in [4.78, 5) is 55.3. The van der Waals surface area contributed by atoms with Crippen molar-refractivity contribution in [2.45, 2.75) is 84.1 Å². The lowest BCUT2D eigenvalue weighted by atomic mass is 10.0. The number of anilines is 1. The molecule has 1 aromatic heterocycles. The summed E-state index contributed by atoms with van der Waals surface area (Å²) in [6.07, 6.45) is 2.92. The number of nitrogens with two attached hydrogens (primary N) is 1. The summed E-state index contributed by atoms with van der Waals surface area (Å²) in [5.41, 5.74) is 7.68. The molecule has 0 radical (unpaired) electrons. The molecule has 3 aromatic carbocycles. The molecule has 0 unspecified atom stereocenters. The van der Waals surface area contributed by atoms with Gasteiger partial charge in [-0.25, -0.2) is 14.0 Å². The zero-order chi connectivity index (χ0) is 35.3. The largest absolute Gasteiger partial charge is 0.461 e. The van der Waals surface area contributed by atoms with E-state index in [1.165, 1.54) is 39.8 Å². The maximum absolute atomic E-state index is 13.8. The molecule has 1 fully saturated rings. The second kappa shape index (κ2) is 14.9. The monoisotopic (exact) mass is 667 g/mol. The number of ether oxygens (including phenoxy) is 2. The van der Waals surface area contributed by atoms with Gasteiger partial charge >= 0.3 is 12.1 Å². The van der Waals surface area contributed by atoms with Crippen molar-refractivity contribution in [2.75, 3.05) is 5.73 Å². The number of aryl methyl sites for hydroxylation is 1. The van der Waals surface area contributed by atoms with Crippen LogP contribution in [0.15, 0.2) is 89.7 Å². The van der Waals surface area contributed by atoms with Gasteiger partial charge < -0.3 is 15.2 Å². The number of halogens is 1. The number of hydrogen-bond donors (Lipinski definition) is 1.